The van der Waals surface area contributed by atoms with E-state index in [1.807, 2.05) is 6.92 Å². The fraction of sp³-hybridized carbons (Fsp3) is 0.538. The predicted octanol–water partition coefficient (Wildman–Crippen LogP) is 0.412. The van der Waals surface area contributed by atoms with E-state index in [4.69, 9.17) is 0 Å². The van der Waals surface area contributed by atoms with Gasteiger partial charge in [-0.05, 0) is 25.5 Å². The molecule has 1 aromatic rings. The number of carbonyl (C=O) groups excluding carboxylic acids is 1. The summed E-state index contributed by atoms with van der Waals surface area (Å²) in [5.41, 5.74) is 0. The number of nitrogens with zero attached hydrogens (tertiary/aromatic N) is 2. The van der Waals surface area contributed by atoms with Gasteiger partial charge in [-0.15, -0.1) is 0 Å². The van der Waals surface area contributed by atoms with Crippen molar-refractivity contribution in [3.8, 4) is 0 Å². The number of rotatable bonds is 5. The van der Waals surface area contributed by atoms with Crippen LogP contribution in [0.5, 0.6) is 0 Å². The smallest absolute Gasteiger partial charge is 0.244 e. The van der Waals surface area contributed by atoms with Crippen LogP contribution >= 0.6 is 0 Å². The normalized spacial score (nSPS) is 19.6. The van der Waals surface area contributed by atoms with Crippen molar-refractivity contribution in [3.63, 3.8) is 0 Å². The highest BCUT2D eigenvalue weighted by Gasteiger charge is 2.28. The summed E-state index contributed by atoms with van der Waals surface area (Å²) in [6, 6.07) is 2.84. The Balaban J connectivity index is 2.17. The lowest BCUT2D eigenvalue weighted by atomic mass is 10.1. The summed E-state index contributed by atoms with van der Waals surface area (Å²) in [5.74, 6) is 0.382. The maximum absolute atomic E-state index is 12.5. The Bertz CT molecular complexity index is 618. The average molecular weight is 312 g/mol. The fourth-order valence-corrected chi connectivity index (χ4v) is 3.69. The molecule has 1 aromatic heterocycles. The average Bonchev–Trinajstić information content (AvgIpc) is 2.43. The van der Waals surface area contributed by atoms with E-state index in [2.05, 4.69) is 15.0 Å². The number of aromatic nitrogens is 1. The molecule has 1 saturated heterocycles. The molecule has 1 aliphatic rings. The molecule has 7 nitrogen and oxygen atoms in total. The number of nitrogens with one attached hydrogen (secondary N) is 2. The summed E-state index contributed by atoms with van der Waals surface area (Å²) in [5, 5.41) is 2.94. The van der Waals surface area contributed by atoms with Gasteiger partial charge in [-0.3, -0.25) is 4.79 Å². The highest BCUT2D eigenvalue weighted by atomic mass is 32.2. The van der Waals surface area contributed by atoms with E-state index in [1.54, 1.807) is 24.2 Å². The van der Waals surface area contributed by atoms with Gasteiger partial charge in [0.1, 0.15) is 10.7 Å². The van der Waals surface area contributed by atoms with Gasteiger partial charge in [0.25, 0.3) is 0 Å². The molecule has 1 fully saturated rings. The number of hydrogen-bond donors (Lipinski definition) is 2. The number of carbonyl (C=O) groups is 1. The molecule has 0 bridgehead atoms. The van der Waals surface area contributed by atoms with Crippen LogP contribution in [0.15, 0.2) is 23.2 Å². The summed E-state index contributed by atoms with van der Waals surface area (Å²) < 4.78 is 27.6. The Hall–Kier alpha value is -1.67. The first-order valence-corrected chi connectivity index (χ1v) is 8.37. The number of piperidine rings is 1. The van der Waals surface area contributed by atoms with E-state index in [-0.39, 0.29) is 16.8 Å². The standard InChI is InChI=1S/C13H20N4O3S/c1-3-14-13-11(5-4-8-15-13)21(19,20)16-10-6-7-12(18)17(2)9-10/h4-5,8,10,16H,3,6-7,9H2,1-2H3,(H,14,15). The molecular formula is C13H20N4O3S. The van der Waals surface area contributed by atoms with E-state index in [0.717, 1.165) is 0 Å². The molecule has 1 amide bonds. The molecule has 0 radical (unpaired) electrons. The molecule has 1 unspecified atom stereocenters. The monoisotopic (exact) mass is 312 g/mol. The van der Waals surface area contributed by atoms with Gasteiger partial charge in [0.2, 0.25) is 15.9 Å². The molecule has 2 heterocycles. The van der Waals surface area contributed by atoms with E-state index < -0.39 is 10.0 Å². The van der Waals surface area contributed by atoms with Crippen LogP contribution in [-0.2, 0) is 14.8 Å². The lowest BCUT2D eigenvalue weighted by Gasteiger charge is -2.30. The number of likely N-dealkylation sites (N-methyl/N-ethyl adjacent to an activating group) is 1. The van der Waals surface area contributed by atoms with Crippen LogP contribution in [0.4, 0.5) is 5.82 Å². The van der Waals surface area contributed by atoms with Gasteiger partial charge in [0.05, 0.1) is 0 Å². The molecular weight excluding hydrogens is 292 g/mol. The summed E-state index contributed by atoms with van der Waals surface area (Å²) in [4.78, 5) is 17.2. The number of anilines is 1. The molecule has 0 saturated carbocycles. The van der Waals surface area contributed by atoms with Gasteiger partial charge in [-0.2, -0.15) is 0 Å². The highest BCUT2D eigenvalue weighted by Crippen LogP contribution is 2.19. The number of hydrogen-bond acceptors (Lipinski definition) is 5. The van der Waals surface area contributed by atoms with Crippen molar-refractivity contribution in [2.75, 3.05) is 25.5 Å². The van der Waals surface area contributed by atoms with E-state index in [0.29, 0.717) is 31.7 Å². The summed E-state index contributed by atoms with van der Waals surface area (Å²) in [6.07, 6.45) is 2.42. The van der Waals surface area contributed by atoms with Crippen LogP contribution in [-0.4, -0.2) is 50.4 Å². The van der Waals surface area contributed by atoms with Gasteiger partial charge in [-0.25, -0.2) is 18.1 Å². The summed E-state index contributed by atoms with van der Waals surface area (Å²) >= 11 is 0. The van der Waals surface area contributed by atoms with Crippen molar-refractivity contribution < 1.29 is 13.2 Å². The van der Waals surface area contributed by atoms with Gasteiger partial charge < -0.3 is 10.2 Å². The number of sulfonamides is 1. The summed E-state index contributed by atoms with van der Waals surface area (Å²) in [7, 11) is -1.99. The molecule has 0 aromatic carbocycles. The highest BCUT2D eigenvalue weighted by molar-refractivity contribution is 7.89. The van der Waals surface area contributed by atoms with E-state index in [1.165, 1.54) is 6.07 Å². The van der Waals surface area contributed by atoms with Crippen molar-refractivity contribution in [1.29, 1.82) is 0 Å². The predicted molar refractivity (Wildman–Crippen MR) is 79.4 cm³/mol. The largest absolute Gasteiger partial charge is 0.369 e. The molecule has 2 N–H and O–H groups in total. The Morgan fingerprint density at radius 1 is 1.48 bits per heavy atom. The summed E-state index contributed by atoms with van der Waals surface area (Å²) in [6.45, 7) is 2.84. The molecule has 1 aliphatic heterocycles. The molecule has 2 rings (SSSR count). The SMILES string of the molecule is CCNc1ncccc1S(=O)(=O)NC1CCC(=O)N(C)C1. The van der Waals surface area contributed by atoms with Crippen LogP contribution in [0.2, 0.25) is 0 Å². The van der Waals surface area contributed by atoms with Crippen molar-refractivity contribution in [2.24, 2.45) is 0 Å². The molecule has 8 heteroatoms. The molecule has 0 spiro atoms. The Morgan fingerprint density at radius 2 is 2.24 bits per heavy atom. The molecule has 1 atom stereocenters. The van der Waals surface area contributed by atoms with Crippen LogP contribution in [0.3, 0.4) is 0 Å². The zero-order valence-corrected chi connectivity index (χ0v) is 13.0. The van der Waals surface area contributed by atoms with E-state index in [9.17, 15) is 13.2 Å². The second kappa shape index (κ2) is 6.40. The van der Waals surface area contributed by atoms with Crippen molar-refractivity contribution in [3.05, 3.63) is 18.3 Å². The third-order valence-corrected chi connectivity index (χ3v) is 4.91. The fourth-order valence-electron chi connectivity index (χ4n) is 2.30. The molecule has 0 aliphatic carbocycles. The second-order valence-electron chi connectivity index (χ2n) is 5.01. The number of pyridine rings is 1. The molecule has 116 valence electrons. The van der Waals surface area contributed by atoms with Crippen LogP contribution in [0, 0.1) is 0 Å². The first kappa shape index (κ1) is 15.7. The van der Waals surface area contributed by atoms with Gasteiger partial charge in [-0.1, -0.05) is 0 Å². The first-order valence-electron chi connectivity index (χ1n) is 6.89. The quantitative estimate of drug-likeness (QED) is 0.822. The topological polar surface area (TPSA) is 91.4 Å². The lowest BCUT2D eigenvalue weighted by Crippen LogP contribution is -2.48. The molecule has 21 heavy (non-hydrogen) atoms. The van der Waals surface area contributed by atoms with Crippen LogP contribution in [0.25, 0.3) is 0 Å². The minimum absolute atomic E-state index is 0.0418. The van der Waals surface area contributed by atoms with Crippen molar-refractivity contribution >= 4 is 21.7 Å². The number of amides is 1. The van der Waals surface area contributed by atoms with Crippen LogP contribution in [0.1, 0.15) is 19.8 Å². The maximum Gasteiger partial charge on any atom is 0.244 e. The Labute approximate surface area is 124 Å². The second-order valence-corrected chi connectivity index (χ2v) is 6.69. The zero-order valence-electron chi connectivity index (χ0n) is 12.2. The van der Waals surface area contributed by atoms with Crippen molar-refractivity contribution in [2.45, 2.75) is 30.7 Å². The maximum atomic E-state index is 12.5. The van der Waals surface area contributed by atoms with Crippen molar-refractivity contribution in [1.82, 2.24) is 14.6 Å². The van der Waals surface area contributed by atoms with Crippen LogP contribution < -0.4 is 10.0 Å². The third-order valence-electron chi connectivity index (χ3n) is 3.35. The Morgan fingerprint density at radius 3 is 2.90 bits per heavy atom. The zero-order chi connectivity index (χ0) is 15.5. The van der Waals surface area contributed by atoms with Gasteiger partial charge in [0.15, 0.2) is 0 Å². The third kappa shape index (κ3) is 3.70. The minimum Gasteiger partial charge on any atom is -0.369 e. The number of likely N-dealkylation sites (tertiary alicyclic amines) is 1. The van der Waals surface area contributed by atoms with E-state index >= 15 is 0 Å². The Kier molecular flexibility index (Phi) is 4.79. The van der Waals surface area contributed by atoms with Gasteiger partial charge in [0, 0.05) is 38.8 Å². The minimum atomic E-state index is -3.67. The lowest BCUT2D eigenvalue weighted by molar-refractivity contribution is -0.132. The first-order chi connectivity index (χ1) is 9.94. The van der Waals surface area contributed by atoms with Gasteiger partial charge >= 0.3 is 0 Å².